The zero-order chi connectivity index (χ0) is 12.4. The first-order valence-electron chi connectivity index (χ1n) is 5.34. The lowest BCUT2D eigenvalue weighted by Crippen LogP contribution is -2.27. The highest BCUT2D eigenvalue weighted by Gasteiger charge is 2.01. The topological polar surface area (TPSA) is 67.4 Å². The van der Waals surface area contributed by atoms with Gasteiger partial charge in [0.2, 0.25) is 5.91 Å². The van der Waals surface area contributed by atoms with E-state index in [0.717, 1.165) is 0 Å². The minimum atomic E-state index is -0.328. The summed E-state index contributed by atoms with van der Waals surface area (Å²) < 4.78 is 4.54. The Morgan fingerprint density at radius 2 is 2.06 bits per heavy atom. The first-order valence-corrected chi connectivity index (χ1v) is 5.34. The van der Waals surface area contributed by atoms with Gasteiger partial charge in [0.15, 0.2) is 0 Å². The number of hydrogen-bond acceptors (Lipinski definition) is 4. The van der Waals surface area contributed by atoms with Crippen LogP contribution in [0.5, 0.6) is 0 Å². The molecule has 0 aromatic rings. The molecule has 0 fully saturated rings. The molecule has 5 nitrogen and oxygen atoms in total. The van der Waals surface area contributed by atoms with Crippen molar-refractivity contribution in [3.8, 4) is 0 Å². The third-order valence-corrected chi connectivity index (χ3v) is 1.96. The molecule has 0 saturated heterocycles. The standard InChI is InChI=1S/C11H20N2O3/c1-4-13-10(14)6-8-12-7-5-9(2)11(15)16-3/h5,12H,4,6-8H2,1-3H3,(H,13,14)/b9-5-. The van der Waals surface area contributed by atoms with Crippen LogP contribution in [0.15, 0.2) is 11.6 Å². The fourth-order valence-corrected chi connectivity index (χ4v) is 1.06. The lowest BCUT2D eigenvalue weighted by Gasteiger charge is -2.03. The highest BCUT2D eigenvalue weighted by Crippen LogP contribution is 1.93. The second kappa shape index (κ2) is 8.91. The Morgan fingerprint density at radius 1 is 1.38 bits per heavy atom. The number of methoxy groups -OCH3 is 1. The number of hydrogen-bond donors (Lipinski definition) is 2. The van der Waals surface area contributed by atoms with Gasteiger partial charge in [-0.05, 0) is 13.8 Å². The summed E-state index contributed by atoms with van der Waals surface area (Å²) in [5.41, 5.74) is 0.563. The molecule has 0 spiro atoms. The van der Waals surface area contributed by atoms with Crippen LogP contribution in [0.2, 0.25) is 0 Å². The Hall–Kier alpha value is -1.36. The van der Waals surface area contributed by atoms with E-state index in [0.29, 0.717) is 31.6 Å². The second-order valence-electron chi connectivity index (χ2n) is 3.29. The molecule has 0 unspecified atom stereocenters. The van der Waals surface area contributed by atoms with Gasteiger partial charge in [-0.1, -0.05) is 6.08 Å². The molecule has 5 heteroatoms. The quantitative estimate of drug-likeness (QED) is 0.371. The molecule has 0 radical (unpaired) electrons. The Bertz CT molecular complexity index is 262. The van der Waals surface area contributed by atoms with Crippen LogP contribution in [0, 0.1) is 0 Å². The third-order valence-electron chi connectivity index (χ3n) is 1.96. The van der Waals surface area contributed by atoms with E-state index >= 15 is 0 Å². The van der Waals surface area contributed by atoms with Gasteiger partial charge in [-0.25, -0.2) is 4.79 Å². The maximum atomic E-state index is 11.1. The van der Waals surface area contributed by atoms with Crippen molar-refractivity contribution < 1.29 is 14.3 Å². The first-order chi connectivity index (χ1) is 7.61. The van der Waals surface area contributed by atoms with Gasteiger partial charge in [0.05, 0.1) is 7.11 Å². The van der Waals surface area contributed by atoms with E-state index in [2.05, 4.69) is 15.4 Å². The summed E-state index contributed by atoms with van der Waals surface area (Å²) in [6, 6.07) is 0. The summed E-state index contributed by atoms with van der Waals surface area (Å²) in [5.74, 6) is -0.297. The summed E-state index contributed by atoms with van der Waals surface area (Å²) in [6.07, 6.45) is 2.18. The molecule has 2 N–H and O–H groups in total. The molecule has 0 saturated carbocycles. The lowest BCUT2D eigenvalue weighted by atomic mass is 10.3. The Morgan fingerprint density at radius 3 is 2.62 bits per heavy atom. The van der Waals surface area contributed by atoms with Crippen molar-refractivity contribution in [1.29, 1.82) is 0 Å². The van der Waals surface area contributed by atoms with Crippen LogP contribution in [0.25, 0.3) is 0 Å². The van der Waals surface area contributed by atoms with E-state index in [1.165, 1.54) is 7.11 Å². The third kappa shape index (κ3) is 7.00. The van der Waals surface area contributed by atoms with E-state index in [9.17, 15) is 9.59 Å². The molecular formula is C11H20N2O3. The number of nitrogens with one attached hydrogen (secondary N) is 2. The predicted octanol–water partition coefficient (Wildman–Crippen LogP) is 0.222. The van der Waals surface area contributed by atoms with Gasteiger partial charge in [0.1, 0.15) is 0 Å². The number of rotatable bonds is 7. The van der Waals surface area contributed by atoms with Crippen molar-refractivity contribution in [3.05, 3.63) is 11.6 Å². The Kier molecular flexibility index (Phi) is 8.15. The maximum Gasteiger partial charge on any atom is 0.333 e. The molecule has 16 heavy (non-hydrogen) atoms. The van der Waals surface area contributed by atoms with Crippen molar-refractivity contribution in [2.24, 2.45) is 0 Å². The first kappa shape index (κ1) is 14.6. The second-order valence-corrected chi connectivity index (χ2v) is 3.29. The van der Waals surface area contributed by atoms with E-state index in [4.69, 9.17) is 0 Å². The number of amides is 1. The van der Waals surface area contributed by atoms with Crippen LogP contribution in [0.1, 0.15) is 20.3 Å². The largest absolute Gasteiger partial charge is 0.466 e. The molecule has 0 heterocycles. The van der Waals surface area contributed by atoms with Crippen LogP contribution < -0.4 is 10.6 Å². The van der Waals surface area contributed by atoms with Crippen molar-refractivity contribution in [3.63, 3.8) is 0 Å². The molecule has 0 aromatic heterocycles. The van der Waals surface area contributed by atoms with Gasteiger partial charge in [-0.2, -0.15) is 0 Å². The van der Waals surface area contributed by atoms with E-state index in [-0.39, 0.29) is 11.9 Å². The van der Waals surface area contributed by atoms with Crippen molar-refractivity contribution >= 4 is 11.9 Å². The van der Waals surface area contributed by atoms with Crippen LogP contribution in [-0.2, 0) is 14.3 Å². The number of esters is 1. The lowest BCUT2D eigenvalue weighted by molar-refractivity contribution is -0.136. The molecule has 0 rings (SSSR count). The van der Waals surface area contributed by atoms with Crippen LogP contribution >= 0.6 is 0 Å². The van der Waals surface area contributed by atoms with E-state index < -0.39 is 0 Å². The number of ether oxygens (including phenoxy) is 1. The minimum absolute atomic E-state index is 0.0312. The molecule has 0 aliphatic carbocycles. The van der Waals surface area contributed by atoms with Gasteiger partial charge in [-0.3, -0.25) is 4.79 Å². The van der Waals surface area contributed by atoms with Crippen LogP contribution in [0.4, 0.5) is 0 Å². The molecular weight excluding hydrogens is 208 g/mol. The zero-order valence-electron chi connectivity index (χ0n) is 10.1. The van der Waals surface area contributed by atoms with Crippen molar-refractivity contribution in [2.75, 3.05) is 26.7 Å². The predicted molar refractivity (Wildman–Crippen MR) is 61.9 cm³/mol. The summed E-state index contributed by atoms with van der Waals surface area (Å²) in [4.78, 5) is 22.0. The molecule has 0 atom stereocenters. The highest BCUT2D eigenvalue weighted by atomic mass is 16.5. The normalized spacial score (nSPS) is 11.1. The maximum absolute atomic E-state index is 11.1. The monoisotopic (exact) mass is 228 g/mol. The van der Waals surface area contributed by atoms with Gasteiger partial charge in [0, 0.05) is 31.6 Å². The molecule has 0 aromatic carbocycles. The van der Waals surface area contributed by atoms with Gasteiger partial charge in [0.25, 0.3) is 0 Å². The SMILES string of the molecule is CCNC(=O)CCNC/C=C(/C)C(=O)OC. The fraction of sp³-hybridized carbons (Fsp3) is 0.636. The van der Waals surface area contributed by atoms with E-state index in [1.54, 1.807) is 13.0 Å². The molecule has 92 valence electrons. The van der Waals surface area contributed by atoms with Crippen LogP contribution in [0.3, 0.4) is 0 Å². The van der Waals surface area contributed by atoms with Gasteiger partial charge < -0.3 is 15.4 Å². The van der Waals surface area contributed by atoms with Gasteiger partial charge in [-0.15, -0.1) is 0 Å². The number of carbonyl (C=O) groups is 2. The molecule has 0 aliphatic rings. The van der Waals surface area contributed by atoms with Crippen LogP contribution in [-0.4, -0.2) is 38.6 Å². The van der Waals surface area contributed by atoms with Crippen molar-refractivity contribution in [2.45, 2.75) is 20.3 Å². The average Bonchev–Trinajstić information content (AvgIpc) is 2.27. The fourth-order valence-electron chi connectivity index (χ4n) is 1.06. The molecule has 1 amide bonds. The summed E-state index contributed by atoms with van der Waals surface area (Å²) in [6.45, 7) is 5.38. The Balaban J connectivity index is 3.60. The smallest absolute Gasteiger partial charge is 0.333 e. The van der Waals surface area contributed by atoms with Gasteiger partial charge >= 0.3 is 5.97 Å². The summed E-state index contributed by atoms with van der Waals surface area (Å²) >= 11 is 0. The molecule has 0 bridgehead atoms. The highest BCUT2D eigenvalue weighted by molar-refractivity contribution is 5.87. The minimum Gasteiger partial charge on any atom is -0.466 e. The van der Waals surface area contributed by atoms with Crippen molar-refractivity contribution in [1.82, 2.24) is 10.6 Å². The zero-order valence-corrected chi connectivity index (χ0v) is 10.1. The summed E-state index contributed by atoms with van der Waals surface area (Å²) in [7, 11) is 1.35. The Labute approximate surface area is 96.2 Å². The van der Waals surface area contributed by atoms with E-state index in [1.807, 2.05) is 6.92 Å². The number of carbonyl (C=O) groups excluding carboxylic acids is 2. The summed E-state index contributed by atoms with van der Waals surface area (Å²) in [5, 5.41) is 5.74. The molecule has 0 aliphatic heterocycles. The average molecular weight is 228 g/mol.